The molecule has 1 aliphatic heterocycles. The lowest BCUT2D eigenvalue weighted by Gasteiger charge is -2.29. The molecule has 220 valence electrons. The maximum absolute atomic E-state index is 13.9. The van der Waals surface area contributed by atoms with Crippen molar-refractivity contribution in [2.75, 3.05) is 26.2 Å². The van der Waals surface area contributed by atoms with Crippen LogP contribution in [0.25, 0.3) is 6.08 Å². The number of carbonyl (C=O) groups excluding carboxylic acids is 3. The van der Waals surface area contributed by atoms with Gasteiger partial charge in [0.15, 0.2) is 0 Å². The Bertz CT molecular complexity index is 1290. The van der Waals surface area contributed by atoms with E-state index < -0.39 is 6.04 Å². The zero-order valence-corrected chi connectivity index (χ0v) is 24.6. The van der Waals surface area contributed by atoms with Gasteiger partial charge < -0.3 is 20.9 Å². The van der Waals surface area contributed by atoms with Crippen LogP contribution in [0.2, 0.25) is 0 Å². The zero-order chi connectivity index (χ0) is 29.7. The first-order valence-electron chi connectivity index (χ1n) is 14.8. The minimum atomic E-state index is -0.404. The van der Waals surface area contributed by atoms with E-state index in [0.29, 0.717) is 45.4 Å². The van der Waals surface area contributed by atoms with Crippen LogP contribution in [0.4, 0.5) is 0 Å². The largest absolute Gasteiger partial charge is 0.356 e. The first-order valence-corrected chi connectivity index (χ1v) is 14.8. The maximum Gasteiger partial charge on any atom is 0.244 e. The third kappa shape index (κ3) is 9.42. The Morgan fingerprint density at radius 1 is 0.952 bits per heavy atom. The van der Waals surface area contributed by atoms with Crippen molar-refractivity contribution in [3.8, 4) is 0 Å². The second kappa shape index (κ2) is 15.7. The van der Waals surface area contributed by atoms with E-state index in [2.05, 4.69) is 40.2 Å². The number of amides is 3. The van der Waals surface area contributed by atoms with Gasteiger partial charge in [-0.2, -0.15) is 0 Å². The van der Waals surface area contributed by atoms with Gasteiger partial charge in [-0.05, 0) is 49.0 Å². The third-order valence-corrected chi connectivity index (χ3v) is 7.67. The minimum absolute atomic E-state index is 0.0412. The van der Waals surface area contributed by atoms with Crippen molar-refractivity contribution in [1.82, 2.24) is 20.9 Å². The van der Waals surface area contributed by atoms with E-state index in [-0.39, 0.29) is 29.7 Å². The molecule has 7 heteroatoms. The van der Waals surface area contributed by atoms with Gasteiger partial charge in [0.25, 0.3) is 0 Å². The van der Waals surface area contributed by atoms with Gasteiger partial charge in [0.1, 0.15) is 0 Å². The summed E-state index contributed by atoms with van der Waals surface area (Å²) >= 11 is 0. The fourth-order valence-electron chi connectivity index (χ4n) is 5.33. The molecule has 0 radical (unpaired) electrons. The number of carbonyl (C=O) groups is 3. The van der Waals surface area contributed by atoms with E-state index in [1.54, 1.807) is 12.2 Å². The van der Waals surface area contributed by atoms with Crippen LogP contribution in [0.1, 0.15) is 54.4 Å². The topological polar surface area (TPSA) is 90.5 Å². The summed E-state index contributed by atoms with van der Waals surface area (Å²) in [5, 5.41) is 9.37. The molecule has 1 aliphatic rings. The van der Waals surface area contributed by atoms with Crippen LogP contribution in [0.15, 0.2) is 91.0 Å². The van der Waals surface area contributed by atoms with E-state index in [1.807, 2.05) is 72.5 Å². The van der Waals surface area contributed by atoms with Crippen molar-refractivity contribution in [3.63, 3.8) is 0 Å². The lowest BCUT2D eigenvalue weighted by Crippen LogP contribution is -2.49. The molecular weight excluding hydrogens is 524 g/mol. The van der Waals surface area contributed by atoms with Crippen molar-refractivity contribution in [1.29, 1.82) is 0 Å². The van der Waals surface area contributed by atoms with Crippen molar-refractivity contribution < 1.29 is 14.4 Å². The number of hydrogen-bond acceptors (Lipinski definition) is 4. The van der Waals surface area contributed by atoms with E-state index in [4.69, 9.17) is 0 Å². The molecule has 1 fully saturated rings. The van der Waals surface area contributed by atoms with Crippen LogP contribution in [-0.2, 0) is 14.4 Å². The van der Waals surface area contributed by atoms with Crippen molar-refractivity contribution in [3.05, 3.63) is 113 Å². The van der Waals surface area contributed by atoms with E-state index in [0.717, 1.165) is 5.56 Å². The molecule has 1 heterocycles. The smallest absolute Gasteiger partial charge is 0.244 e. The second-order valence-corrected chi connectivity index (χ2v) is 11.0. The highest BCUT2D eigenvalue weighted by atomic mass is 16.2. The molecule has 3 amide bonds. The second-order valence-electron chi connectivity index (χ2n) is 11.0. The Balaban J connectivity index is 1.45. The lowest BCUT2D eigenvalue weighted by molar-refractivity contribution is -0.133. The minimum Gasteiger partial charge on any atom is -0.356 e. The van der Waals surface area contributed by atoms with Gasteiger partial charge in [0, 0.05) is 51.1 Å². The maximum atomic E-state index is 13.9. The molecule has 42 heavy (non-hydrogen) atoms. The van der Waals surface area contributed by atoms with E-state index in [1.165, 1.54) is 23.6 Å². The van der Waals surface area contributed by atoms with E-state index >= 15 is 0 Å². The van der Waals surface area contributed by atoms with Crippen molar-refractivity contribution in [2.24, 2.45) is 0 Å². The van der Waals surface area contributed by atoms with Crippen LogP contribution in [0.3, 0.4) is 0 Å². The van der Waals surface area contributed by atoms with Crippen LogP contribution < -0.4 is 16.0 Å². The van der Waals surface area contributed by atoms with Crippen LogP contribution in [0.5, 0.6) is 0 Å². The monoisotopic (exact) mass is 566 g/mol. The van der Waals surface area contributed by atoms with Gasteiger partial charge in [0.2, 0.25) is 17.7 Å². The quantitative estimate of drug-likeness (QED) is 0.224. The predicted octanol–water partition coefficient (Wildman–Crippen LogP) is 4.43. The highest BCUT2D eigenvalue weighted by molar-refractivity contribution is 5.91. The Morgan fingerprint density at radius 3 is 2.21 bits per heavy atom. The molecule has 1 saturated heterocycles. The molecule has 3 aromatic rings. The number of aryl methyl sites for hydroxylation is 1. The third-order valence-electron chi connectivity index (χ3n) is 7.67. The number of nitrogens with one attached hydrogen (secondary N) is 3. The fourth-order valence-corrected chi connectivity index (χ4v) is 5.33. The standard InChI is InChI=1S/C35H42N4O3/c1-26-15-17-28(18-16-26)19-20-34(41)37-24-31-21-23-39(35(42)33(38-31)14-9-22-36-27(2)40)25-32(29-10-5-3-6-11-29)30-12-7-4-8-13-30/h3-8,10-13,15-20,31-33,38H,9,14,21-25H2,1-2H3,(H,36,40)(H,37,41)/t31-,33-/m0/s1. The molecule has 7 nitrogen and oxygen atoms in total. The van der Waals surface area contributed by atoms with Crippen LogP contribution >= 0.6 is 0 Å². The van der Waals surface area contributed by atoms with Gasteiger partial charge in [-0.25, -0.2) is 0 Å². The molecule has 0 aromatic heterocycles. The molecule has 0 spiro atoms. The summed E-state index contributed by atoms with van der Waals surface area (Å²) in [5.74, 6) is -0.146. The molecule has 2 atom stereocenters. The summed E-state index contributed by atoms with van der Waals surface area (Å²) < 4.78 is 0. The first-order chi connectivity index (χ1) is 20.4. The molecule has 0 saturated carbocycles. The Morgan fingerprint density at radius 2 is 1.60 bits per heavy atom. The highest BCUT2D eigenvalue weighted by Crippen LogP contribution is 2.27. The fraction of sp³-hybridized carbons (Fsp3) is 0.343. The SMILES string of the molecule is CC(=O)NCCC[C@@H]1N[C@H](CNC(=O)C=Cc2ccc(C)cc2)CCN(CC(c2ccccc2)c2ccccc2)C1=O. The average Bonchev–Trinajstić information content (AvgIpc) is 3.15. The lowest BCUT2D eigenvalue weighted by atomic mass is 9.90. The number of nitrogens with zero attached hydrogens (tertiary/aromatic N) is 1. The number of hydrogen-bond donors (Lipinski definition) is 3. The molecule has 0 unspecified atom stereocenters. The van der Waals surface area contributed by atoms with Crippen LogP contribution in [0, 0.1) is 6.92 Å². The molecular formula is C35H42N4O3. The van der Waals surface area contributed by atoms with Gasteiger partial charge in [0.05, 0.1) is 6.04 Å². The summed E-state index contributed by atoms with van der Waals surface area (Å²) in [4.78, 5) is 39.9. The zero-order valence-electron chi connectivity index (χ0n) is 24.6. The number of rotatable bonds is 12. The van der Waals surface area contributed by atoms with Gasteiger partial charge in [-0.15, -0.1) is 0 Å². The summed E-state index contributed by atoms with van der Waals surface area (Å²) in [6, 6.07) is 28.2. The molecule has 0 aliphatic carbocycles. The average molecular weight is 567 g/mol. The first kappa shape index (κ1) is 30.7. The summed E-state index contributed by atoms with van der Waals surface area (Å²) in [6.07, 6.45) is 5.34. The Hall–Kier alpha value is -4.23. The van der Waals surface area contributed by atoms with Gasteiger partial charge in [-0.1, -0.05) is 90.5 Å². The summed E-state index contributed by atoms with van der Waals surface area (Å²) in [7, 11) is 0. The summed E-state index contributed by atoms with van der Waals surface area (Å²) in [5.41, 5.74) is 4.47. The molecule has 3 N–H and O–H groups in total. The van der Waals surface area contributed by atoms with E-state index in [9.17, 15) is 14.4 Å². The molecule has 4 rings (SSSR count). The highest BCUT2D eigenvalue weighted by Gasteiger charge is 2.32. The van der Waals surface area contributed by atoms with Gasteiger partial charge >= 0.3 is 0 Å². The summed E-state index contributed by atoms with van der Waals surface area (Å²) in [6.45, 7) is 5.61. The molecule has 0 bridgehead atoms. The number of benzene rings is 3. The Kier molecular flexibility index (Phi) is 11.5. The Labute approximate surface area is 249 Å². The predicted molar refractivity (Wildman–Crippen MR) is 168 cm³/mol. The normalized spacial score (nSPS) is 17.3. The van der Waals surface area contributed by atoms with Gasteiger partial charge in [-0.3, -0.25) is 14.4 Å². The molecule has 3 aromatic carbocycles. The van der Waals surface area contributed by atoms with Crippen molar-refractivity contribution >= 4 is 23.8 Å². The van der Waals surface area contributed by atoms with Crippen molar-refractivity contribution in [2.45, 2.75) is 51.1 Å². The van der Waals surface area contributed by atoms with Crippen LogP contribution in [-0.4, -0.2) is 60.9 Å².